The summed E-state index contributed by atoms with van der Waals surface area (Å²) in [5.41, 5.74) is 5.89. The molecule has 0 aliphatic rings. The summed E-state index contributed by atoms with van der Waals surface area (Å²) < 4.78 is 1.62. The van der Waals surface area contributed by atoms with E-state index >= 15 is 0 Å². The van der Waals surface area contributed by atoms with Gasteiger partial charge in [-0.15, -0.1) is 0 Å². The maximum absolute atomic E-state index is 11.6. The van der Waals surface area contributed by atoms with Gasteiger partial charge in [-0.25, -0.2) is 0 Å². The summed E-state index contributed by atoms with van der Waals surface area (Å²) in [7, 11) is 0. The van der Waals surface area contributed by atoms with Crippen LogP contribution in [0.3, 0.4) is 0 Å². The summed E-state index contributed by atoms with van der Waals surface area (Å²) in [5, 5.41) is 2.81. The molecule has 1 aromatic heterocycles. The van der Waals surface area contributed by atoms with Gasteiger partial charge < -0.3 is 16.0 Å². The van der Waals surface area contributed by atoms with Crippen LogP contribution in [0.5, 0.6) is 0 Å². The Balaban J connectivity index is 2.40. The van der Waals surface area contributed by atoms with Crippen LogP contribution < -0.4 is 11.1 Å². The number of aromatic nitrogens is 1. The van der Waals surface area contributed by atoms with Crippen LogP contribution in [-0.2, 0) is 0 Å². The second-order valence-electron chi connectivity index (χ2n) is 3.10. The van der Waals surface area contributed by atoms with E-state index in [1.54, 1.807) is 6.07 Å². The summed E-state index contributed by atoms with van der Waals surface area (Å²) in [6.07, 6.45) is 1.84. The number of carbonyl (C=O) groups excluding carboxylic acids is 1. The molecule has 0 aliphatic heterocycles. The molecule has 1 heterocycles. The molecule has 0 aromatic carbocycles. The Labute approximate surface area is 105 Å². The van der Waals surface area contributed by atoms with E-state index in [0.717, 1.165) is 21.9 Å². The van der Waals surface area contributed by atoms with Gasteiger partial charge in [0.1, 0.15) is 5.69 Å². The minimum absolute atomic E-state index is 0.0987. The van der Waals surface area contributed by atoms with E-state index in [-0.39, 0.29) is 5.91 Å². The van der Waals surface area contributed by atoms with Crippen molar-refractivity contribution in [3.63, 3.8) is 0 Å². The molecule has 0 saturated heterocycles. The number of hydrogen-bond donors (Lipinski definition) is 3. The van der Waals surface area contributed by atoms with E-state index in [1.165, 1.54) is 0 Å². The van der Waals surface area contributed by atoms with Crippen molar-refractivity contribution >= 4 is 37.8 Å². The molecule has 1 aromatic rings. The molecule has 1 amide bonds. The Hall–Kier alpha value is -0.330. The van der Waals surface area contributed by atoms with Crippen LogP contribution in [-0.4, -0.2) is 24.0 Å². The molecule has 0 fully saturated rings. The second kappa shape index (κ2) is 6.30. The van der Waals surface area contributed by atoms with E-state index in [4.69, 9.17) is 5.73 Å². The first-order valence-electron chi connectivity index (χ1n) is 4.67. The third-order valence-corrected chi connectivity index (χ3v) is 3.67. The minimum Gasteiger partial charge on any atom is -0.351 e. The zero-order valence-corrected chi connectivity index (χ0v) is 11.3. The monoisotopic (exact) mass is 337 g/mol. The highest BCUT2D eigenvalue weighted by Gasteiger charge is 2.09. The average molecular weight is 339 g/mol. The first kappa shape index (κ1) is 12.7. The van der Waals surface area contributed by atoms with Crippen molar-refractivity contribution in [3.05, 3.63) is 20.8 Å². The number of amides is 1. The number of aromatic amines is 1. The molecule has 0 atom stereocenters. The second-order valence-corrected chi connectivity index (χ2v) is 4.74. The van der Waals surface area contributed by atoms with Gasteiger partial charge in [0.05, 0.1) is 9.08 Å². The molecule has 0 spiro atoms. The van der Waals surface area contributed by atoms with Crippen LogP contribution in [0.25, 0.3) is 0 Å². The highest BCUT2D eigenvalue weighted by molar-refractivity contribution is 9.13. The fraction of sp³-hybridized carbons (Fsp3) is 0.444. The Bertz CT molecular complexity index is 319. The summed E-state index contributed by atoms with van der Waals surface area (Å²) >= 11 is 6.58. The predicted octanol–water partition coefficient (Wildman–Crippen LogP) is 2.01. The number of nitrogens with one attached hydrogen (secondary N) is 2. The molecular formula is C9H13Br2N3O. The summed E-state index contributed by atoms with van der Waals surface area (Å²) in [6, 6.07) is 1.74. The van der Waals surface area contributed by atoms with Gasteiger partial charge >= 0.3 is 0 Å². The molecular weight excluding hydrogens is 326 g/mol. The largest absolute Gasteiger partial charge is 0.351 e. The predicted molar refractivity (Wildman–Crippen MR) is 66.8 cm³/mol. The molecule has 0 saturated carbocycles. The number of unbranched alkanes of at least 4 members (excludes halogenated alkanes) is 1. The molecule has 84 valence electrons. The van der Waals surface area contributed by atoms with E-state index in [2.05, 4.69) is 42.2 Å². The highest BCUT2D eigenvalue weighted by atomic mass is 79.9. The quantitative estimate of drug-likeness (QED) is 0.719. The van der Waals surface area contributed by atoms with Crippen LogP contribution in [0.1, 0.15) is 23.3 Å². The van der Waals surface area contributed by atoms with E-state index in [9.17, 15) is 4.79 Å². The van der Waals surface area contributed by atoms with Gasteiger partial charge in [-0.2, -0.15) is 0 Å². The lowest BCUT2D eigenvalue weighted by Gasteiger charge is -2.02. The molecule has 4 N–H and O–H groups in total. The third kappa shape index (κ3) is 3.96. The lowest BCUT2D eigenvalue weighted by atomic mass is 10.3. The van der Waals surface area contributed by atoms with Crippen molar-refractivity contribution in [2.24, 2.45) is 5.73 Å². The molecule has 1 rings (SSSR count). The molecule has 6 heteroatoms. The smallest absolute Gasteiger partial charge is 0.267 e. The minimum atomic E-state index is -0.0987. The Morgan fingerprint density at radius 2 is 2.20 bits per heavy atom. The van der Waals surface area contributed by atoms with Crippen molar-refractivity contribution in [2.45, 2.75) is 12.8 Å². The fourth-order valence-corrected chi connectivity index (χ4v) is 1.75. The number of H-pyrrole nitrogens is 1. The first-order valence-corrected chi connectivity index (χ1v) is 6.26. The van der Waals surface area contributed by atoms with Crippen molar-refractivity contribution in [2.75, 3.05) is 13.1 Å². The van der Waals surface area contributed by atoms with Gasteiger partial charge in [-0.3, -0.25) is 4.79 Å². The Morgan fingerprint density at radius 3 is 2.73 bits per heavy atom. The van der Waals surface area contributed by atoms with Crippen LogP contribution in [0, 0.1) is 0 Å². The van der Waals surface area contributed by atoms with Crippen molar-refractivity contribution in [3.8, 4) is 0 Å². The standard InChI is InChI=1S/C9H13Br2N3O/c10-6-5-7(14-8(6)11)9(15)13-4-2-1-3-12/h5,14H,1-4,12H2,(H,13,15). The maximum Gasteiger partial charge on any atom is 0.267 e. The zero-order chi connectivity index (χ0) is 11.3. The van der Waals surface area contributed by atoms with Crippen molar-refractivity contribution < 1.29 is 4.79 Å². The first-order chi connectivity index (χ1) is 7.15. The Morgan fingerprint density at radius 1 is 1.47 bits per heavy atom. The zero-order valence-electron chi connectivity index (χ0n) is 8.15. The van der Waals surface area contributed by atoms with Crippen LogP contribution in [0.2, 0.25) is 0 Å². The Kier molecular flexibility index (Phi) is 5.35. The molecule has 0 unspecified atom stereocenters. The fourth-order valence-electron chi connectivity index (χ4n) is 1.09. The molecule has 4 nitrogen and oxygen atoms in total. The maximum atomic E-state index is 11.6. The normalized spacial score (nSPS) is 10.3. The van der Waals surface area contributed by atoms with Gasteiger partial charge in [0.2, 0.25) is 0 Å². The van der Waals surface area contributed by atoms with E-state index in [1.807, 2.05) is 0 Å². The number of nitrogens with two attached hydrogens (primary N) is 1. The lowest BCUT2D eigenvalue weighted by Crippen LogP contribution is -2.25. The number of carbonyl (C=O) groups is 1. The van der Waals surface area contributed by atoms with Gasteiger partial charge in [0.25, 0.3) is 5.91 Å². The highest BCUT2D eigenvalue weighted by Crippen LogP contribution is 2.22. The summed E-state index contributed by atoms with van der Waals surface area (Å²) in [5.74, 6) is -0.0987. The van der Waals surface area contributed by atoms with Crippen molar-refractivity contribution in [1.82, 2.24) is 10.3 Å². The molecule has 0 aliphatic carbocycles. The van der Waals surface area contributed by atoms with Gasteiger partial charge in [-0.1, -0.05) is 0 Å². The number of rotatable bonds is 5. The number of hydrogen-bond acceptors (Lipinski definition) is 2. The molecule has 0 bridgehead atoms. The van der Waals surface area contributed by atoms with E-state index < -0.39 is 0 Å². The SMILES string of the molecule is NCCCCNC(=O)c1cc(Br)c(Br)[nH]1. The summed E-state index contributed by atoms with van der Waals surface area (Å²) in [4.78, 5) is 14.5. The van der Waals surface area contributed by atoms with Crippen LogP contribution in [0.15, 0.2) is 15.1 Å². The summed E-state index contributed by atoms with van der Waals surface area (Å²) in [6.45, 7) is 1.32. The van der Waals surface area contributed by atoms with E-state index in [0.29, 0.717) is 18.8 Å². The number of halogens is 2. The molecule has 15 heavy (non-hydrogen) atoms. The van der Waals surface area contributed by atoms with Crippen molar-refractivity contribution in [1.29, 1.82) is 0 Å². The topological polar surface area (TPSA) is 70.9 Å². The third-order valence-electron chi connectivity index (χ3n) is 1.89. The van der Waals surface area contributed by atoms with Gasteiger partial charge in [0.15, 0.2) is 0 Å². The van der Waals surface area contributed by atoms with Gasteiger partial charge in [0, 0.05) is 6.54 Å². The lowest BCUT2D eigenvalue weighted by molar-refractivity contribution is 0.0948. The molecule has 0 radical (unpaired) electrons. The average Bonchev–Trinajstić information content (AvgIpc) is 2.54. The van der Waals surface area contributed by atoms with Crippen LogP contribution >= 0.6 is 31.9 Å². The van der Waals surface area contributed by atoms with Crippen LogP contribution in [0.4, 0.5) is 0 Å². The van der Waals surface area contributed by atoms with Gasteiger partial charge in [-0.05, 0) is 57.3 Å².